The quantitative estimate of drug-likeness (QED) is 0.499. The van der Waals surface area contributed by atoms with Gasteiger partial charge in [0.05, 0.1) is 14.2 Å². The number of carbonyl (C=O) groups excluding carboxylic acids is 3. The number of hydrogen-bond acceptors (Lipinski definition) is 6. The SMILES string of the molecule is COC(=O)C1(C(=O)OC)C(C=O)=Cc2ccccc2C1O. The highest BCUT2D eigenvalue weighted by molar-refractivity contribution is 6.12. The fourth-order valence-corrected chi connectivity index (χ4v) is 2.56. The highest BCUT2D eigenvalue weighted by Crippen LogP contribution is 2.47. The van der Waals surface area contributed by atoms with Gasteiger partial charge in [-0.2, -0.15) is 0 Å². The summed E-state index contributed by atoms with van der Waals surface area (Å²) < 4.78 is 9.27. The summed E-state index contributed by atoms with van der Waals surface area (Å²) in [4.78, 5) is 35.8. The Hall–Kier alpha value is -2.47. The minimum atomic E-state index is -2.21. The lowest BCUT2D eigenvalue weighted by atomic mass is 9.68. The second kappa shape index (κ2) is 5.49. The largest absolute Gasteiger partial charge is 0.468 e. The minimum Gasteiger partial charge on any atom is -0.468 e. The molecule has 0 radical (unpaired) electrons. The van der Waals surface area contributed by atoms with E-state index in [1.807, 2.05) is 0 Å². The Bertz CT molecular complexity index is 615. The van der Waals surface area contributed by atoms with Gasteiger partial charge in [-0.25, -0.2) is 0 Å². The van der Waals surface area contributed by atoms with Crippen LogP contribution in [0.2, 0.25) is 0 Å². The molecule has 0 saturated heterocycles. The second-order valence-corrected chi connectivity index (χ2v) is 4.54. The molecular weight excluding hydrogens is 276 g/mol. The molecule has 110 valence electrons. The number of aliphatic hydroxyl groups excluding tert-OH is 1. The summed E-state index contributed by atoms with van der Waals surface area (Å²) >= 11 is 0. The normalized spacial score (nSPS) is 19.0. The maximum absolute atomic E-state index is 12.2. The predicted molar refractivity (Wildman–Crippen MR) is 71.9 cm³/mol. The van der Waals surface area contributed by atoms with Crippen molar-refractivity contribution < 1.29 is 29.0 Å². The van der Waals surface area contributed by atoms with E-state index in [1.165, 1.54) is 6.08 Å². The van der Waals surface area contributed by atoms with Crippen molar-refractivity contribution in [3.8, 4) is 0 Å². The van der Waals surface area contributed by atoms with E-state index in [9.17, 15) is 19.5 Å². The molecule has 0 spiro atoms. The highest BCUT2D eigenvalue weighted by atomic mass is 16.5. The van der Waals surface area contributed by atoms with Crippen LogP contribution >= 0.6 is 0 Å². The van der Waals surface area contributed by atoms with Gasteiger partial charge in [-0.3, -0.25) is 14.4 Å². The van der Waals surface area contributed by atoms with Gasteiger partial charge in [0.1, 0.15) is 12.4 Å². The van der Waals surface area contributed by atoms with E-state index in [0.717, 1.165) is 14.2 Å². The lowest BCUT2D eigenvalue weighted by Crippen LogP contribution is -2.49. The minimum absolute atomic E-state index is 0.201. The van der Waals surface area contributed by atoms with Crippen molar-refractivity contribution in [3.05, 3.63) is 41.0 Å². The number of esters is 2. The molecule has 0 fully saturated rings. The Balaban J connectivity index is 2.78. The molecule has 0 bridgehead atoms. The van der Waals surface area contributed by atoms with Crippen molar-refractivity contribution >= 4 is 24.3 Å². The first-order chi connectivity index (χ1) is 10.0. The van der Waals surface area contributed by atoms with Gasteiger partial charge in [0.15, 0.2) is 0 Å². The van der Waals surface area contributed by atoms with Crippen LogP contribution in [0.5, 0.6) is 0 Å². The van der Waals surface area contributed by atoms with Crippen molar-refractivity contribution in [3.63, 3.8) is 0 Å². The van der Waals surface area contributed by atoms with Crippen LogP contribution in [-0.2, 0) is 23.9 Å². The molecule has 1 unspecified atom stereocenters. The number of methoxy groups -OCH3 is 2. The number of fused-ring (bicyclic) bond motifs is 1. The van der Waals surface area contributed by atoms with Crippen molar-refractivity contribution in [2.24, 2.45) is 5.41 Å². The third-order valence-electron chi connectivity index (χ3n) is 3.61. The number of rotatable bonds is 3. The number of ether oxygens (including phenoxy) is 2. The Labute approximate surface area is 121 Å². The van der Waals surface area contributed by atoms with Crippen molar-refractivity contribution in [2.45, 2.75) is 6.10 Å². The van der Waals surface area contributed by atoms with E-state index in [4.69, 9.17) is 0 Å². The molecule has 1 aromatic carbocycles. The van der Waals surface area contributed by atoms with Crippen LogP contribution < -0.4 is 0 Å². The van der Waals surface area contributed by atoms with Gasteiger partial charge in [-0.05, 0) is 17.2 Å². The summed E-state index contributed by atoms with van der Waals surface area (Å²) in [5.74, 6) is -2.09. The van der Waals surface area contributed by atoms with Crippen LogP contribution in [0.4, 0.5) is 0 Å². The average Bonchev–Trinajstić information content (AvgIpc) is 2.53. The number of carbonyl (C=O) groups is 3. The second-order valence-electron chi connectivity index (χ2n) is 4.54. The highest BCUT2D eigenvalue weighted by Gasteiger charge is 2.59. The summed E-state index contributed by atoms with van der Waals surface area (Å²) in [5.41, 5.74) is -1.51. The van der Waals surface area contributed by atoms with Crippen molar-refractivity contribution in [2.75, 3.05) is 14.2 Å². The molecule has 1 aliphatic carbocycles. The van der Waals surface area contributed by atoms with Crippen molar-refractivity contribution in [1.82, 2.24) is 0 Å². The van der Waals surface area contributed by atoms with E-state index in [2.05, 4.69) is 9.47 Å². The summed E-state index contributed by atoms with van der Waals surface area (Å²) in [6.45, 7) is 0. The summed E-state index contributed by atoms with van der Waals surface area (Å²) in [7, 11) is 2.14. The fraction of sp³-hybridized carbons (Fsp3) is 0.267. The Morgan fingerprint density at radius 2 is 1.76 bits per heavy atom. The number of hydrogen-bond donors (Lipinski definition) is 1. The Morgan fingerprint density at radius 3 is 2.29 bits per heavy atom. The van der Waals surface area contributed by atoms with E-state index in [0.29, 0.717) is 17.4 Å². The molecule has 0 heterocycles. The molecule has 6 heteroatoms. The Kier molecular flexibility index (Phi) is 3.90. The third kappa shape index (κ3) is 1.95. The maximum Gasteiger partial charge on any atom is 0.331 e. The van der Waals surface area contributed by atoms with Crippen LogP contribution in [0.1, 0.15) is 17.2 Å². The molecule has 0 amide bonds. The molecule has 2 rings (SSSR count). The monoisotopic (exact) mass is 290 g/mol. The number of aldehydes is 1. The topological polar surface area (TPSA) is 89.9 Å². The molecule has 0 aliphatic heterocycles. The smallest absolute Gasteiger partial charge is 0.331 e. The van der Waals surface area contributed by atoms with E-state index in [-0.39, 0.29) is 5.57 Å². The molecule has 1 atom stereocenters. The van der Waals surface area contributed by atoms with E-state index >= 15 is 0 Å². The first-order valence-electron chi connectivity index (χ1n) is 6.15. The van der Waals surface area contributed by atoms with Gasteiger partial charge >= 0.3 is 11.9 Å². The standard InChI is InChI=1S/C15H14O6/c1-20-13(18)15(14(19)21-2)10(8-16)7-9-5-3-4-6-11(9)12(15)17/h3-8,12,17H,1-2H3. The Morgan fingerprint density at radius 1 is 1.19 bits per heavy atom. The zero-order valence-electron chi connectivity index (χ0n) is 11.5. The first-order valence-corrected chi connectivity index (χ1v) is 6.15. The molecule has 21 heavy (non-hydrogen) atoms. The van der Waals surface area contributed by atoms with Gasteiger partial charge < -0.3 is 14.6 Å². The third-order valence-corrected chi connectivity index (χ3v) is 3.61. The van der Waals surface area contributed by atoms with Gasteiger partial charge in [0, 0.05) is 5.57 Å². The van der Waals surface area contributed by atoms with Gasteiger partial charge in [-0.1, -0.05) is 24.3 Å². The summed E-state index contributed by atoms with van der Waals surface area (Å²) in [6, 6.07) is 6.61. The summed E-state index contributed by atoms with van der Waals surface area (Å²) in [5, 5.41) is 10.6. The molecule has 1 aromatic rings. The molecular formula is C15H14O6. The zero-order chi connectivity index (χ0) is 15.6. The predicted octanol–water partition coefficient (Wildman–Crippen LogP) is 0.648. The number of aliphatic hydroxyl groups is 1. The molecule has 0 aromatic heterocycles. The van der Waals surface area contributed by atoms with Gasteiger partial charge in [0.25, 0.3) is 0 Å². The van der Waals surface area contributed by atoms with Crippen molar-refractivity contribution in [1.29, 1.82) is 0 Å². The molecule has 1 aliphatic rings. The lowest BCUT2D eigenvalue weighted by molar-refractivity contribution is -0.175. The van der Waals surface area contributed by atoms with E-state index in [1.54, 1.807) is 24.3 Å². The fourth-order valence-electron chi connectivity index (χ4n) is 2.56. The number of benzene rings is 1. The van der Waals surface area contributed by atoms with Crippen LogP contribution in [0.25, 0.3) is 6.08 Å². The molecule has 6 nitrogen and oxygen atoms in total. The lowest BCUT2D eigenvalue weighted by Gasteiger charge is -2.36. The zero-order valence-corrected chi connectivity index (χ0v) is 11.5. The first kappa shape index (κ1) is 14.9. The molecule has 0 saturated carbocycles. The van der Waals surface area contributed by atoms with Crippen LogP contribution in [-0.4, -0.2) is 37.6 Å². The maximum atomic E-state index is 12.2. The van der Waals surface area contributed by atoms with Crippen LogP contribution in [0.15, 0.2) is 29.8 Å². The van der Waals surface area contributed by atoms with Gasteiger partial charge in [0.2, 0.25) is 5.41 Å². The van der Waals surface area contributed by atoms with Gasteiger partial charge in [-0.15, -0.1) is 0 Å². The molecule has 1 N–H and O–H groups in total. The van der Waals surface area contributed by atoms with E-state index < -0.39 is 23.5 Å². The summed E-state index contributed by atoms with van der Waals surface area (Å²) in [6.07, 6.45) is 0.161. The van der Waals surface area contributed by atoms with Crippen LogP contribution in [0.3, 0.4) is 0 Å². The van der Waals surface area contributed by atoms with Crippen LogP contribution in [0, 0.1) is 5.41 Å². The average molecular weight is 290 g/mol.